The van der Waals surface area contributed by atoms with Crippen LogP contribution in [-0.2, 0) is 14.3 Å². The minimum absolute atomic E-state index is 0.0147. The van der Waals surface area contributed by atoms with Crippen molar-refractivity contribution >= 4 is 17.4 Å². The monoisotopic (exact) mass is 494 g/mol. The van der Waals surface area contributed by atoms with E-state index >= 15 is 0 Å². The lowest BCUT2D eigenvalue weighted by Gasteiger charge is -2.31. The summed E-state index contributed by atoms with van der Waals surface area (Å²) in [5.74, 6) is -0.126. The summed E-state index contributed by atoms with van der Waals surface area (Å²) in [6.45, 7) is 10.2. The highest BCUT2D eigenvalue weighted by Gasteiger charge is 2.46. The van der Waals surface area contributed by atoms with Crippen molar-refractivity contribution in [3.05, 3.63) is 65.2 Å². The van der Waals surface area contributed by atoms with Gasteiger partial charge in [-0.15, -0.1) is 0 Å². The second-order valence-corrected chi connectivity index (χ2v) is 9.14. The van der Waals surface area contributed by atoms with E-state index in [-0.39, 0.29) is 17.4 Å². The van der Waals surface area contributed by atoms with Crippen molar-refractivity contribution in [2.24, 2.45) is 0 Å². The zero-order valence-corrected chi connectivity index (χ0v) is 21.1. The third-order valence-corrected chi connectivity index (χ3v) is 6.31. The third kappa shape index (κ3) is 5.71. The number of rotatable bonds is 9. The smallest absolute Gasteiger partial charge is 0.295 e. The summed E-state index contributed by atoms with van der Waals surface area (Å²) in [7, 11) is 0. The van der Waals surface area contributed by atoms with Gasteiger partial charge in [-0.1, -0.05) is 12.1 Å². The van der Waals surface area contributed by atoms with Crippen molar-refractivity contribution in [2.75, 3.05) is 46.0 Å². The Morgan fingerprint density at radius 1 is 1.00 bits per heavy atom. The Labute approximate surface area is 212 Å². The van der Waals surface area contributed by atoms with E-state index in [1.165, 1.54) is 0 Å². The van der Waals surface area contributed by atoms with E-state index in [2.05, 4.69) is 4.90 Å². The molecule has 2 fully saturated rings. The molecule has 2 aromatic carbocycles. The average Bonchev–Trinajstić information content (AvgIpc) is 3.13. The van der Waals surface area contributed by atoms with Gasteiger partial charge in [0, 0.05) is 31.7 Å². The number of amides is 1. The van der Waals surface area contributed by atoms with E-state index < -0.39 is 17.7 Å². The molecule has 2 aliphatic rings. The van der Waals surface area contributed by atoms with Crippen molar-refractivity contribution in [2.45, 2.75) is 32.9 Å². The van der Waals surface area contributed by atoms with Gasteiger partial charge in [-0.25, -0.2) is 0 Å². The Morgan fingerprint density at radius 3 is 2.25 bits per heavy atom. The molecule has 2 saturated heterocycles. The first kappa shape index (κ1) is 25.7. The molecule has 192 valence electrons. The molecule has 1 unspecified atom stereocenters. The molecule has 0 saturated carbocycles. The van der Waals surface area contributed by atoms with Gasteiger partial charge in [0.15, 0.2) is 0 Å². The van der Waals surface area contributed by atoms with Gasteiger partial charge in [0.2, 0.25) is 0 Å². The predicted octanol–water partition coefficient (Wildman–Crippen LogP) is 3.63. The number of hydrogen-bond donors (Lipinski definition) is 1. The van der Waals surface area contributed by atoms with E-state index in [9.17, 15) is 14.7 Å². The molecule has 0 spiro atoms. The van der Waals surface area contributed by atoms with Crippen LogP contribution in [0.3, 0.4) is 0 Å². The molecule has 0 bridgehead atoms. The molecular weight excluding hydrogens is 460 g/mol. The summed E-state index contributed by atoms with van der Waals surface area (Å²) in [6.07, 6.45) is 0.0147. The first-order valence-corrected chi connectivity index (χ1v) is 12.5. The standard InChI is InChI=1S/C28H34N2O6/c1-4-35-22-9-5-20(6-10-22)25-24(26(31)21-7-11-23(12-8-21)36-19(2)3)27(32)28(33)30(25)14-13-29-15-17-34-18-16-29/h5-12,19,25,31H,4,13-18H2,1-3H3/b26-24-. The second-order valence-electron chi connectivity index (χ2n) is 9.14. The number of likely N-dealkylation sites (tertiary alicyclic amines) is 1. The zero-order valence-electron chi connectivity index (χ0n) is 21.1. The average molecular weight is 495 g/mol. The fourth-order valence-corrected chi connectivity index (χ4v) is 4.56. The van der Waals surface area contributed by atoms with Gasteiger partial charge >= 0.3 is 0 Å². The van der Waals surface area contributed by atoms with Crippen LogP contribution in [0.2, 0.25) is 0 Å². The predicted molar refractivity (Wildman–Crippen MR) is 136 cm³/mol. The number of aliphatic hydroxyl groups excluding tert-OH is 1. The Hall–Kier alpha value is -3.36. The van der Waals surface area contributed by atoms with Crippen LogP contribution in [0.15, 0.2) is 54.1 Å². The number of benzene rings is 2. The van der Waals surface area contributed by atoms with E-state index in [0.717, 1.165) is 18.7 Å². The molecular formula is C28H34N2O6. The number of morpholine rings is 1. The highest BCUT2D eigenvalue weighted by atomic mass is 16.5. The third-order valence-electron chi connectivity index (χ3n) is 6.31. The summed E-state index contributed by atoms with van der Waals surface area (Å²) >= 11 is 0. The molecule has 36 heavy (non-hydrogen) atoms. The maximum Gasteiger partial charge on any atom is 0.295 e. The number of nitrogens with zero attached hydrogens (tertiary/aromatic N) is 2. The normalized spacial score (nSPS) is 20.2. The van der Waals surface area contributed by atoms with Crippen LogP contribution in [0.1, 0.15) is 37.9 Å². The summed E-state index contributed by atoms with van der Waals surface area (Å²) in [4.78, 5) is 30.2. The molecule has 1 N–H and O–H groups in total. The lowest BCUT2D eigenvalue weighted by molar-refractivity contribution is -0.140. The van der Waals surface area contributed by atoms with Crippen LogP contribution < -0.4 is 9.47 Å². The van der Waals surface area contributed by atoms with Crippen LogP contribution in [0.5, 0.6) is 11.5 Å². The summed E-state index contributed by atoms with van der Waals surface area (Å²) in [6, 6.07) is 13.5. The molecule has 1 amide bonds. The number of ether oxygens (including phenoxy) is 3. The Bertz CT molecular complexity index is 1090. The van der Waals surface area contributed by atoms with Crippen LogP contribution in [0.4, 0.5) is 0 Å². The highest BCUT2D eigenvalue weighted by molar-refractivity contribution is 6.46. The van der Waals surface area contributed by atoms with E-state index in [1.54, 1.807) is 29.2 Å². The minimum atomic E-state index is -0.701. The minimum Gasteiger partial charge on any atom is -0.507 e. The topological polar surface area (TPSA) is 88.5 Å². The quantitative estimate of drug-likeness (QED) is 0.324. The molecule has 8 nitrogen and oxygen atoms in total. The number of aliphatic hydroxyl groups is 1. The fourth-order valence-electron chi connectivity index (χ4n) is 4.56. The lowest BCUT2D eigenvalue weighted by Crippen LogP contribution is -2.42. The number of carbonyl (C=O) groups is 2. The van der Waals surface area contributed by atoms with Crippen molar-refractivity contribution in [3.8, 4) is 11.5 Å². The molecule has 1 atom stereocenters. The van der Waals surface area contributed by atoms with Gasteiger partial charge in [0.05, 0.1) is 37.5 Å². The van der Waals surface area contributed by atoms with Gasteiger partial charge in [0.25, 0.3) is 11.7 Å². The number of Topliss-reactive ketones (excluding diaryl/α,β-unsaturated/α-hetero) is 1. The van der Waals surface area contributed by atoms with Crippen LogP contribution in [-0.4, -0.2) is 78.7 Å². The van der Waals surface area contributed by atoms with Crippen molar-refractivity contribution in [1.29, 1.82) is 0 Å². The highest BCUT2D eigenvalue weighted by Crippen LogP contribution is 2.40. The number of ketones is 1. The summed E-state index contributed by atoms with van der Waals surface area (Å²) < 4.78 is 16.7. The van der Waals surface area contributed by atoms with Crippen molar-refractivity contribution in [3.63, 3.8) is 0 Å². The summed E-state index contributed by atoms with van der Waals surface area (Å²) in [5, 5.41) is 11.3. The second kappa shape index (κ2) is 11.6. The van der Waals surface area contributed by atoms with Gasteiger partial charge in [0.1, 0.15) is 17.3 Å². The first-order valence-electron chi connectivity index (χ1n) is 12.5. The van der Waals surface area contributed by atoms with E-state index in [1.807, 2.05) is 45.0 Å². The largest absolute Gasteiger partial charge is 0.507 e. The van der Waals surface area contributed by atoms with Crippen molar-refractivity contribution < 1.29 is 28.9 Å². The van der Waals surface area contributed by atoms with Gasteiger partial charge < -0.3 is 24.2 Å². The molecule has 0 aliphatic carbocycles. The van der Waals surface area contributed by atoms with Crippen molar-refractivity contribution in [1.82, 2.24) is 9.80 Å². The molecule has 2 aliphatic heterocycles. The SMILES string of the molecule is CCOc1ccc(C2/C(=C(/O)c3ccc(OC(C)C)cc3)C(=O)C(=O)N2CCN2CCOCC2)cc1. The fraction of sp³-hybridized carbons (Fsp3) is 0.429. The van der Waals surface area contributed by atoms with Gasteiger partial charge in [-0.2, -0.15) is 0 Å². The molecule has 2 heterocycles. The molecule has 0 radical (unpaired) electrons. The van der Waals surface area contributed by atoms with E-state index in [4.69, 9.17) is 14.2 Å². The van der Waals surface area contributed by atoms with Gasteiger partial charge in [-0.3, -0.25) is 14.5 Å². The molecule has 4 rings (SSSR count). The van der Waals surface area contributed by atoms with Crippen LogP contribution >= 0.6 is 0 Å². The molecule has 0 aromatic heterocycles. The van der Waals surface area contributed by atoms with E-state index in [0.29, 0.717) is 50.0 Å². The van der Waals surface area contributed by atoms with Crippen LogP contribution in [0.25, 0.3) is 5.76 Å². The lowest BCUT2D eigenvalue weighted by atomic mass is 9.95. The summed E-state index contributed by atoms with van der Waals surface area (Å²) in [5.41, 5.74) is 1.28. The maximum absolute atomic E-state index is 13.3. The molecule has 8 heteroatoms. The number of carbonyl (C=O) groups excluding carboxylic acids is 2. The Morgan fingerprint density at radius 2 is 1.64 bits per heavy atom. The maximum atomic E-state index is 13.3. The zero-order chi connectivity index (χ0) is 25.7. The van der Waals surface area contributed by atoms with Gasteiger partial charge in [-0.05, 0) is 62.7 Å². The Kier molecular flexibility index (Phi) is 8.28. The van der Waals surface area contributed by atoms with Crippen LogP contribution in [0, 0.1) is 0 Å². The Balaban J connectivity index is 1.69. The first-order chi connectivity index (χ1) is 17.4. The molecule has 2 aromatic rings. The number of hydrogen-bond acceptors (Lipinski definition) is 7.